The molecule has 0 fully saturated rings. The van der Waals surface area contributed by atoms with Crippen molar-refractivity contribution in [2.45, 2.75) is 6.92 Å². The standard InChI is InChI=1S/C11H9FN4O2/c1-7-8(12)3-4-9(16(17)18)10(7)15-11-13-5-2-6-14-11/h2-6H,1H3,(H,13,14,15). The van der Waals surface area contributed by atoms with Gasteiger partial charge in [0.2, 0.25) is 5.95 Å². The molecule has 1 aromatic heterocycles. The van der Waals surface area contributed by atoms with Crippen molar-refractivity contribution in [1.29, 1.82) is 0 Å². The summed E-state index contributed by atoms with van der Waals surface area (Å²) < 4.78 is 13.4. The Balaban J connectivity index is 2.48. The summed E-state index contributed by atoms with van der Waals surface area (Å²) >= 11 is 0. The van der Waals surface area contributed by atoms with Gasteiger partial charge in [-0.15, -0.1) is 0 Å². The van der Waals surface area contributed by atoms with Crippen LogP contribution in [0.15, 0.2) is 30.6 Å². The lowest BCUT2D eigenvalue weighted by atomic mass is 10.1. The number of aromatic nitrogens is 2. The van der Waals surface area contributed by atoms with Crippen LogP contribution in [0.5, 0.6) is 0 Å². The van der Waals surface area contributed by atoms with Gasteiger partial charge in [0, 0.05) is 24.0 Å². The quantitative estimate of drug-likeness (QED) is 0.666. The summed E-state index contributed by atoms with van der Waals surface area (Å²) in [5.41, 5.74) is -0.00999. The van der Waals surface area contributed by atoms with E-state index in [9.17, 15) is 14.5 Å². The lowest BCUT2D eigenvalue weighted by Crippen LogP contribution is -2.03. The van der Waals surface area contributed by atoms with Crippen LogP contribution in [0, 0.1) is 22.9 Å². The molecule has 1 aromatic carbocycles. The minimum atomic E-state index is -0.586. The summed E-state index contributed by atoms with van der Waals surface area (Å²) in [4.78, 5) is 18.0. The molecule has 0 aliphatic rings. The number of benzene rings is 1. The van der Waals surface area contributed by atoms with Crippen LogP contribution in [0.3, 0.4) is 0 Å². The molecule has 2 rings (SSSR count). The maximum Gasteiger partial charge on any atom is 0.293 e. The Morgan fingerprint density at radius 2 is 2.00 bits per heavy atom. The van der Waals surface area contributed by atoms with Gasteiger partial charge in [-0.1, -0.05) is 0 Å². The first-order valence-corrected chi connectivity index (χ1v) is 5.07. The third-order valence-corrected chi connectivity index (χ3v) is 2.38. The van der Waals surface area contributed by atoms with Crippen molar-refractivity contribution in [1.82, 2.24) is 9.97 Å². The maximum absolute atomic E-state index is 13.4. The molecular formula is C11H9FN4O2. The van der Waals surface area contributed by atoms with Crippen molar-refractivity contribution in [3.05, 3.63) is 52.1 Å². The second kappa shape index (κ2) is 4.74. The summed E-state index contributed by atoms with van der Waals surface area (Å²) in [5, 5.41) is 13.5. The van der Waals surface area contributed by atoms with Gasteiger partial charge in [0.15, 0.2) is 0 Å². The predicted octanol–water partition coefficient (Wildman–Crippen LogP) is 2.58. The highest BCUT2D eigenvalue weighted by atomic mass is 19.1. The number of nitrogens with zero attached hydrogens (tertiary/aromatic N) is 3. The van der Waals surface area contributed by atoms with Gasteiger partial charge in [-0.2, -0.15) is 0 Å². The monoisotopic (exact) mass is 248 g/mol. The van der Waals surface area contributed by atoms with Gasteiger partial charge in [-0.3, -0.25) is 10.1 Å². The van der Waals surface area contributed by atoms with E-state index >= 15 is 0 Å². The Labute approximate surface area is 102 Å². The summed E-state index contributed by atoms with van der Waals surface area (Å²) in [6.45, 7) is 1.45. The number of rotatable bonds is 3. The lowest BCUT2D eigenvalue weighted by molar-refractivity contribution is -0.384. The summed E-state index contributed by atoms with van der Waals surface area (Å²) in [5.74, 6) is -0.353. The Bertz CT molecular complexity index is 589. The van der Waals surface area contributed by atoms with Crippen molar-refractivity contribution in [2.24, 2.45) is 0 Å². The van der Waals surface area contributed by atoms with E-state index in [1.54, 1.807) is 6.07 Å². The highest BCUT2D eigenvalue weighted by molar-refractivity contribution is 5.70. The van der Waals surface area contributed by atoms with Crippen LogP contribution in [0.25, 0.3) is 0 Å². The normalized spacial score (nSPS) is 10.1. The van der Waals surface area contributed by atoms with Crippen LogP contribution in [-0.2, 0) is 0 Å². The Hall–Kier alpha value is -2.57. The van der Waals surface area contributed by atoms with E-state index in [1.807, 2.05) is 0 Å². The van der Waals surface area contributed by atoms with Crippen LogP contribution >= 0.6 is 0 Å². The second-order valence-corrected chi connectivity index (χ2v) is 3.52. The Morgan fingerprint density at radius 3 is 2.61 bits per heavy atom. The van der Waals surface area contributed by atoms with Crippen LogP contribution in [0.1, 0.15) is 5.56 Å². The van der Waals surface area contributed by atoms with Crippen molar-refractivity contribution in [3.63, 3.8) is 0 Å². The molecule has 0 atom stereocenters. The van der Waals surface area contributed by atoms with E-state index in [-0.39, 0.29) is 22.9 Å². The maximum atomic E-state index is 13.4. The van der Waals surface area contributed by atoms with Crippen molar-refractivity contribution < 1.29 is 9.31 Å². The fraction of sp³-hybridized carbons (Fsp3) is 0.0909. The number of halogens is 1. The molecule has 1 heterocycles. The number of hydrogen-bond acceptors (Lipinski definition) is 5. The fourth-order valence-electron chi connectivity index (χ4n) is 1.46. The predicted molar refractivity (Wildman–Crippen MR) is 63.1 cm³/mol. The third kappa shape index (κ3) is 2.24. The fourth-order valence-corrected chi connectivity index (χ4v) is 1.46. The first kappa shape index (κ1) is 11.9. The average Bonchev–Trinajstić information content (AvgIpc) is 2.36. The van der Waals surface area contributed by atoms with Gasteiger partial charge < -0.3 is 5.32 Å². The number of hydrogen-bond donors (Lipinski definition) is 1. The molecule has 7 heteroatoms. The molecule has 2 aromatic rings. The first-order chi connectivity index (χ1) is 8.59. The molecule has 0 spiro atoms. The zero-order chi connectivity index (χ0) is 13.1. The molecule has 0 aliphatic carbocycles. The van der Waals surface area contributed by atoms with Crippen molar-refractivity contribution in [3.8, 4) is 0 Å². The summed E-state index contributed by atoms with van der Waals surface area (Å²) in [7, 11) is 0. The Kier molecular flexibility index (Phi) is 3.13. The SMILES string of the molecule is Cc1c(F)ccc([N+](=O)[O-])c1Nc1ncccn1. The molecule has 0 saturated carbocycles. The van der Waals surface area contributed by atoms with Crippen LogP contribution in [0.4, 0.5) is 21.7 Å². The van der Waals surface area contributed by atoms with Crippen molar-refractivity contribution in [2.75, 3.05) is 5.32 Å². The van der Waals surface area contributed by atoms with E-state index in [4.69, 9.17) is 0 Å². The number of nitrogens with one attached hydrogen (secondary N) is 1. The summed E-state index contributed by atoms with van der Waals surface area (Å²) in [6, 6.07) is 3.77. The zero-order valence-electron chi connectivity index (χ0n) is 9.42. The molecule has 0 bridgehead atoms. The highest BCUT2D eigenvalue weighted by Crippen LogP contribution is 2.31. The molecule has 18 heavy (non-hydrogen) atoms. The van der Waals surface area contributed by atoms with Crippen LogP contribution in [-0.4, -0.2) is 14.9 Å². The molecule has 0 amide bonds. The van der Waals surface area contributed by atoms with E-state index in [2.05, 4.69) is 15.3 Å². The molecule has 0 unspecified atom stereocenters. The van der Waals surface area contributed by atoms with E-state index in [0.717, 1.165) is 12.1 Å². The molecule has 0 radical (unpaired) electrons. The van der Waals surface area contributed by atoms with E-state index in [1.165, 1.54) is 19.3 Å². The van der Waals surface area contributed by atoms with Crippen LogP contribution < -0.4 is 5.32 Å². The van der Waals surface area contributed by atoms with Gasteiger partial charge >= 0.3 is 0 Å². The van der Waals surface area contributed by atoms with Gasteiger partial charge in [0.1, 0.15) is 11.5 Å². The van der Waals surface area contributed by atoms with Gasteiger partial charge in [0.25, 0.3) is 5.69 Å². The van der Waals surface area contributed by atoms with Gasteiger partial charge in [-0.05, 0) is 19.1 Å². The molecule has 0 aliphatic heterocycles. The second-order valence-electron chi connectivity index (χ2n) is 3.52. The third-order valence-electron chi connectivity index (χ3n) is 2.38. The molecular weight excluding hydrogens is 239 g/mol. The van der Waals surface area contributed by atoms with E-state index < -0.39 is 10.7 Å². The minimum Gasteiger partial charge on any atom is -0.318 e. The summed E-state index contributed by atoms with van der Waals surface area (Å²) in [6.07, 6.45) is 2.96. The smallest absolute Gasteiger partial charge is 0.293 e. The lowest BCUT2D eigenvalue weighted by Gasteiger charge is -2.08. The van der Waals surface area contributed by atoms with Crippen LogP contribution in [0.2, 0.25) is 0 Å². The number of anilines is 2. The number of nitro benzene ring substituents is 1. The highest BCUT2D eigenvalue weighted by Gasteiger charge is 2.19. The van der Waals surface area contributed by atoms with E-state index in [0.29, 0.717) is 0 Å². The minimum absolute atomic E-state index is 0.0613. The van der Waals surface area contributed by atoms with Crippen molar-refractivity contribution >= 4 is 17.3 Å². The largest absolute Gasteiger partial charge is 0.318 e. The van der Waals surface area contributed by atoms with Gasteiger partial charge in [-0.25, -0.2) is 14.4 Å². The molecule has 92 valence electrons. The topological polar surface area (TPSA) is 81.0 Å². The molecule has 0 saturated heterocycles. The molecule has 6 nitrogen and oxygen atoms in total. The zero-order valence-corrected chi connectivity index (χ0v) is 9.42. The first-order valence-electron chi connectivity index (χ1n) is 5.07. The number of nitro groups is 1. The molecule has 1 N–H and O–H groups in total. The average molecular weight is 248 g/mol. The van der Waals surface area contributed by atoms with Gasteiger partial charge in [0.05, 0.1) is 4.92 Å². The Morgan fingerprint density at radius 1 is 1.33 bits per heavy atom.